The number of aromatic nitrogens is 4. The van der Waals surface area contributed by atoms with Gasteiger partial charge in [-0.15, -0.1) is 11.8 Å². The molecule has 0 amide bonds. The third-order valence-electron chi connectivity index (χ3n) is 2.80. The first-order valence-electron chi connectivity index (χ1n) is 5.83. The zero-order valence-electron chi connectivity index (χ0n) is 10.4. The molecule has 3 rings (SSSR count). The maximum atomic E-state index is 4.32. The number of fused-ring (bicyclic) bond motifs is 1. The molecule has 0 aliphatic heterocycles. The topological polar surface area (TPSA) is 54.5 Å². The molecule has 4 nitrogen and oxygen atoms in total. The Morgan fingerprint density at radius 2 is 2.00 bits per heavy atom. The number of aromatic amines is 1. The van der Waals surface area contributed by atoms with Crippen molar-refractivity contribution >= 4 is 33.9 Å². The summed E-state index contributed by atoms with van der Waals surface area (Å²) in [5.74, 6) is 0. The van der Waals surface area contributed by atoms with Crippen molar-refractivity contribution in [2.75, 3.05) is 6.26 Å². The van der Waals surface area contributed by atoms with Crippen molar-refractivity contribution < 1.29 is 0 Å². The van der Waals surface area contributed by atoms with Gasteiger partial charge in [0.2, 0.25) is 0 Å². The van der Waals surface area contributed by atoms with Crippen molar-refractivity contribution in [1.29, 1.82) is 0 Å². The molecule has 0 aliphatic carbocycles. The van der Waals surface area contributed by atoms with Gasteiger partial charge in [0.05, 0.1) is 12.0 Å². The molecule has 2 aromatic heterocycles. The van der Waals surface area contributed by atoms with Gasteiger partial charge in [-0.3, -0.25) is 0 Å². The van der Waals surface area contributed by atoms with Crippen LogP contribution in [0, 0.1) is 0 Å². The number of H-pyrrole nitrogens is 1. The molecule has 0 saturated carbocycles. The molecule has 0 fully saturated rings. The zero-order chi connectivity index (χ0) is 13.1. The maximum Gasteiger partial charge on any atom is 0.181 e. The number of thioether (sulfide) groups is 1. The van der Waals surface area contributed by atoms with E-state index in [1.807, 2.05) is 18.2 Å². The summed E-state index contributed by atoms with van der Waals surface area (Å²) in [4.78, 5) is 16.8. The van der Waals surface area contributed by atoms with E-state index in [4.69, 9.17) is 0 Å². The fraction of sp³-hybridized carbons (Fsp3) is 0.0714. The van der Waals surface area contributed by atoms with Crippen molar-refractivity contribution in [1.82, 2.24) is 19.9 Å². The summed E-state index contributed by atoms with van der Waals surface area (Å²) < 4.78 is 0. The lowest BCUT2D eigenvalue weighted by molar-refractivity contribution is 1.18. The highest BCUT2D eigenvalue weighted by molar-refractivity contribution is 8.07. The summed E-state index contributed by atoms with van der Waals surface area (Å²) in [7, 11) is 0. The summed E-state index contributed by atoms with van der Waals surface area (Å²) in [5.41, 5.74) is 3.59. The Morgan fingerprint density at radius 3 is 2.79 bits per heavy atom. The summed E-state index contributed by atoms with van der Waals surface area (Å²) in [6, 6.07) is 10.3. The van der Waals surface area contributed by atoms with Crippen LogP contribution >= 0.6 is 11.8 Å². The minimum absolute atomic E-state index is 0.690. The minimum atomic E-state index is 0.690. The Labute approximate surface area is 115 Å². The number of nitrogens with one attached hydrogen (secondary N) is 1. The van der Waals surface area contributed by atoms with Crippen molar-refractivity contribution in [2.24, 2.45) is 0 Å². The highest BCUT2D eigenvalue weighted by Crippen LogP contribution is 2.28. The number of nitrogens with zero attached hydrogens (tertiary/aromatic N) is 3. The van der Waals surface area contributed by atoms with Crippen molar-refractivity contribution in [2.45, 2.75) is 0 Å². The Balaban J connectivity index is 2.11. The second-order valence-corrected chi connectivity index (χ2v) is 4.79. The predicted octanol–water partition coefficient (Wildman–Crippen LogP) is 3.21. The van der Waals surface area contributed by atoms with Gasteiger partial charge in [0.25, 0.3) is 0 Å². The third kappa shape index (κ3) is 2.37. The second-order valence-electron chi connectivity index (χ2n) is 3.94. The van der Waals surface area contributed by atoms with Gasteiger partial charge in [0.1, 0.15) is 11.8 Å². The molecule has 1 aromatic carbocycles. The van der Waals surface area contributed by atoms with Crippen LogP contribution in [0.2, 0.25) is 0 Å². The normalized spacial score (nSPS) is 11.9. The average molecular weight is 268 g/mol. The summed E-state index contributed by atoms with van der Waals surface area (Å²) in [5, 5.41) is 0. The Kier molecular flexibility index (Phi) is 3.29. The van der Waals surface area contributed by atoms with E-state index in [9.17, 15) is 0 Å². The zero-order valence-corrected chi connectivity index (χ0v) is 11.2. The van der Waals surface area contributed by atoms with Crippen LogP contribution in [0.1, 0.15) is 11.3 Å². The van der Waals surface area contributed by atoms with E-state index in [2.05, 4.69) is 44.4 Å². The molecule has 0 aliphatic rings. The molecule has 2 heterocycles. The summed E-state index contributed by atoms with van der Waals surface area (Å²) >= 11 is 1.70. The lowest BCUT2D eigenvalue weighted by Gasteiger charge is -2.04. The van der Waals surface area contributed by atoms with Crippen LogP contribution in [0.5, 0.6) is 0 Å². The molecule has 94 valence electrons. The van der Waals surface area contributed by atoms with Crippen LogP contribution in [0.3, 0.4) is 0 Å². The first kappa shape index (κ1) is 11.9. The summed E-state index contributed by atoms with van der Waals surface area (Å²) in [6.45, 7) is 0. The van der Waals surface area contributed by atoms with Gasteiger partial charge in [-0.25, -0.2) is 15.0 Å². The van der Waals surface area contributed by atoms with Crippen LogP contribution in [0.25, 0.3) is 22.1 Å². The second kappa shape index (κ2) is 5.24. The number of benzene rings is 1. The lowest BCUT2D eigenvalue weighted by Crippen LogP contribution is -1.88. The van der Waals surface area contributed by atoms with E-state index < -0.39 is 0 Å². The van der Waals surface area contributed by atoms with Crippen LogP contribution in [0.15, 0.2) is 43.0 Å². The van der Waals surface area contributed by atoms with Crippen molar-refractivity contribution in [3.8, 4) is 0 Å². The van der Waals surface area contributed by atoms with E-state index in [-0.39, 0.29) is 0 Å². The van der Waals surface area contributed by atoms with Gasteiger partial charge in [0, 0.05) is 4.91 Å². The van der Waals surface area contributed by atoms with Crippen molar-refractivity contribution in [3.05, 3.63) is 54.2 Å². The highest BCUT2D eigenvalue weighted by atomic mass is 32.2. The van der Waals surface area contributed by atoms with Crippen LogP contribution in [0.4, 0.5) is 0 Å². The van der Waals surface area contributed by atoms with Crippen LogP contribution in [-0.4, -0.2) is 26.2 Å². The van der Waals surface area contributed by atoms with Crippen molar-refractivity contribution in [3.63, 3.8) is 0 Å². The first-order chi connectivity index (χ1) is 9.38. The van der Waals surface area contributed by atoms with Crippen LogP contribution < -0.4 is 0 Å². The smallest absolute Gasteiger partial charge is 0.181 e. The number of hydrogen-bond donors (Lipinski definition) is 1. The predicted molar refractivity (Wildman–Crippen MR) is 79.5 cm³/mol. The molecular formula is C14H12N4S. The third-order valence-corrected chi connectivity index (χ3v) is 3.59. The van der Waals surface area contributed by atoms with Gasteiger partial charge in [0.15, 0.2) is 5.65 Å². The van der Waals surface area contributed by atoms with E-state index in [0.717, 1.165) is 16.1 Å². The number of imidazole rings is 1. The molecule has 0 bridgehead atoms. The molecule has 3 aromatic rings. The number of rotatable bonds is 3. The monoisotopic (exact) mass is 268 g/mol. The highest BCUT2D eigenvalue weighted by Gasteiger charge is 2.06. The van der Waals surface area contributed by atoms with Gasteiger partial charge in [-0.2, -0.15) is 0 Å². The quantitative estimate of drug-likeness (QED) is 0.792. The van der Waals surface area contributed by atoms with E-state index >= 15 is 0 Å². The molecule has 0 saturated heterocycles. The molecular weight excluding hydrogens is 256 g/mol. The van der Waals surface area contributed by atoms with E-state index in [1.54, 1.807) is 18.1 Å². The molecule has 0 radical (unpaired) electrons. The maximum absolute atomic E-state index is 4.32. The molecule has 0 unspecified atom stereocenters. The fourth-order valence-corrected chi connectivity index (χ4v) is 2.48. The van der Waals surface area contributed by atoms with Gasteiger partial charge in [-0.1, -0.05) is 30.3 Å². The fourth-order valence-electron chi connectivity index (χ4n) is 1.88. The van der Waals surface area contributed by atoms with Crippen LogP contribution in [-0.2, 0) is 0 Å². The molecule has 0 atom stereocenters. The lowest BCUT2D eigenvalue weighted by atomic mass is 10.2. The minimum Gasteiger partial charge on any atom is -0.341 e. The molecule has 19 heavy (non-hydrogen) atoms. The molecule has 1 N–H and O–H groups in total. The van der Waals surface area contributed by atoms with Gasteiger partial charge in [-0.05, 0) is 17.9 Å². The first-order valence-corrected chi connectivity index (χ1v) is 7.06. The Bertz CT molecular complexity index is 718. The Morgan fingerprint density at radius 1 is 1.16 bits per heavy atom. The Hall–Kier alpha value is -2.14. The SMILES string of the molecule is CS/C(=C\c1ncnc2nc[nH]c12)c1ccccc1. The van der Waals surface area contributed by atoms with Gasteiger partial charge < -0.3 is 4.98 Å². The largest absolute Gasteiger partial charge is 0.341 e. The van der Waals surface area contributed by atoms with Gasteiger partial charge >= 0.3 is 0 Å². The molecule has 0 spiro atoms. The summed E-state index contributed by atoms with van der Waals surface area (Å²) in [6.07, 6.45) is 7.29. The average Bonchev–Trinajstić information content (AvgIpc) is 2.95. The van der Waals surface area contributed by atoms with E-state index in [0.29, 0.717) is 5.65 Å². The standard InChI is InChI=1S/C14H12N4S/c1-19-12(10-5-3-2-4-6-10)7-11-13-14(17-8-15-11)18-9-16-13/h2-9H,1H3,(H,15,16,17,18)/b12-7-. The van der Waals surface area contributed by atoms with E-state index in [1.165, 1.54) is 11.9 Å². The molecule has 5 heteroatoms. The number of hydrogen-bond acceptors (Lipinski definition) is 4.